The van der Waals surface area contributed by atoms with Crippen molar-refractivity contribution >= 4 is 17.9 Å². The van der Waals surface area contributed by atoms with E-state index in [0.717, 1.165) is 31.0 Å². The Bertz CT molecular complexity index is 1230. The van der Waals surface area contributed by atoms with E-state index in [4.69, 9.17) is 29.5 Å². The number of carbonyl (C=O) groups excluding carboxylic acids is 1. The second kappa shape index (κ2) is 11.2. The maximum absolute atomic E-state index is 12.5. The molecular formula is C28H31NO9. The van der Waals surface area contributed by atoms with Gasteiger partial charge < -0.3 is 34.4 Å². The lowest BCUT2D eigenvalue weighted by molar-refractivity contribution is -0.152. The summed E-state index contributed by atoms with van der Waals surface area (Å²) in [7, 11) is 3.83. The Morgan fingerprint density at radius 3 is 2.53 bits per heavy atom. The van der Waals surface area contributed by atoms with Crippen LogP contribution in [0.25, 0.3) is 0 Å². The molecule has 2 aromatic rings. The quantitative estimate of drug-likeness (QED) is 0.380. The van der Waals surface area contributed by atoms with E-state index >= 15 is 0 Å². The number of rotatable bonds is 6. The number of aliphatic hydroxyl groups is 1. The zero-order valence-corrected chi connectivity index (χ0v) is 21.2. The van der Waals surface area contributed by atoms with Gasteiger partial charge in [-0.1, -0.05) is 30.3 Å². The number of aliphatic carboxylic acids is 2. The molecule has 0 bridgehead atoms. The molecule has 2 aromatic carbocycles. The number of methoxy groups -OCH3 is 1. The molecule has 5 rings (SSSR count). The Hall–Kier alpha value is -3.89. The minimum atomic E-state index is -1.79. The molecule has 10 heteroatoms. The number of carboxylic acid groups (broad SMARTS) is 2. The van der Waals surface area contributed by atoms with Crippen molar-refractivity contribution in [3.63, 3.8) is 0 Å². The minimum absolute atomic E-state index is 0.0716. The maximum Gasteiger partial charge on any atom is 0.338 e. The van der Waals surface area contributed by atoms with Crippen molar-refractivity contribution in [2.75, 3.05) is 20.7 Å². The summed E-state index contributed by atoms with van der Waals surface area (Å²) in [5.41, 5.74) is 2.90. The van der Waals surface area contributed by atoms with Crippen LogP contribution in [0.3, 0.4) is 0 Å². The van der Waals surface area contributed by atoms with Crippen LogP contribution >= 0.6 is 0 Å². The molecule has 0 saturated carbocycles. The fraction of sp³-hybridized carbons (Fsp3) is 0.393. The van der Waals surface area contributed by atoms with Crippen LogP contribution in [0.5, 0.6) is 11.5 Å². The van der Waals surface area contributed by atoms with Gasteiger partial charge in [-0.2, -0.15) is 0 Å². The second-order valence-electron chi connectivity index (χ2n) is 9.62. The summed E-state index contributed by atoms with van der Waals surface area (Å²) in [5.74, 6) is -1.52. The van der Waals surface area contributed by atoms with Crippen molar-refractivity contribution < 1.29 is 43.9 Å². The van der Waals surface area contributed by atoms with E-state index in [1.807, 2.05) is 30.3 Å². The lowest BCUT2D eigenvalue weighted by Crippen LogP contribution is -2.43. The first-order valence-corrected chi connectivity index (χ1v) is 12.3. The first-order chi connectivity index (χ1) is 18.1. The minimum Gasteiger partial charge on any atom is -0.493 e. The molecule has 0 radical (unpaired) electrons. The Labute approximate surface area is 220 Å². The van der Waals surface area contributed by atoms with Gasteiger partial charge in [0.2, 0.25) is 0 Å². The molecule has 3 N–H and O–H groups in total. The normalized spacial score (nSPS) is 23.9. The summed E-state index contributed by atoms with van der Waals surface area (Å²) in [5, 5.41) is 24.1. The highest BCUT2D eigenvalue weighted by Crippen LogP contribution is 2.55. The van der Waals surface area contributed by atoms with E-state index in [0.29, 0.717) is 12.0 Å². The van der Waals surface area contributed by atoms with Gasteiger partial charge in [-0.15, -0.1) is 0 Å². The lowest BCUT2D eigenvalue weighted by Gasteiger charge is -2.36. The summed E-state index contributed by atoms with van der Waals surface area (Å²) in [6, 6.07) is 13.3. The first-order valence-electron chi connectivity index (χ1n) is 12.3. The van der Waals surface area contributed by atoms with Gasteiger partial charge in [0.15, 0.2) is 17.6 Å². The third kappa shape index (κ3) is 5.51. The van der Waals surface area contributed by atoms with Gasteiger partial charge in [0.05, 0.1) is 24.5 Å². The van der Waals surface area contributed by atoms with Crippen LogP contribution in [-0.2, 0) is 26.3 Å². The van der Waals surface area contributed by atoms with Gasteiger partial charge >= 0.3 is 17.9 Å². The molecule has 1 spiro atoms. The van der Waals surface area contributed by atoms with Crippen molar-refractivity contribution in [3.8, 4) is 11.5 Å². The van der Waals surface area contributed by atoms with Crippen molar-refractivity contribution in [2.24, 2.45) is 0 Å². The van der Waals surface area contributed by atoms with Gasteiger partial charge in [0, 0.05) is 18.5 Å². The molecule has 4 atom stereocenters. The number of nitrogens with zero attached hydrogens (tertiary/aromatic N) is 1. The van der Waals surface area contributed by atoms with Crippen LogP contribution in [0.2, 0.25) is 0 Å². The molecule has 202 valence electrons. The van der Waals surface area contributed by atoms with Gasteiger partial charge in [-0.25, -0.2) is 9.59 Å². The van der Waals surface area contributed by atoms with E-state index in [1.165, 1.54) is 11.1 Å². The summed E-state index contributed by atoms with van der Waals surface area (Å²) < 4.78 is 17.9. The molecule has 10 nitrogen and oxygen atoms in total. The van der Waals surface area contributed by atoms with E-state index < -0.39 is 24.5 Å². The third-order valence-corrected chi connectivity index (χ3v) is 7.05. The fourth-order valence-corrected chi connectivity index (χ4v) is 5.19. The lowest BCUT2D eigenvalue weighted by atomic mass is 9.69. The SMILES string of the molecule is COc1ccc2c3c1OC1CC(OC(=O)c4ccccc4)C=CC31CCN(C)C2.O=C(O)CC(O)C(=O)O. The maximum atomic E-state index is 12.5. The number of carboxylic acids is 2. The van der Waals surface area contributed by atoms with Gasteiger partial charge in [0.1, 0.15) is 12.2 Å². The van der Waals surface area contributed by atoms with Gasteiger partial charge in [-0.05, 0) is 49.9 Å². The highest BCUT2D eigenvalue weighted by Gasteiger charge is 2.53. The number of esters is 1. The monoisotopic (exact) mass is 525 g/mol. The number of ether oxygens (including phenoxy) is 3. The standard InChI is InChI=1S/C24H25NO4.C4H6O5/c1-25-13-12-24-11-10-18(28-23(26)16-6-4-3-5-7-16)14-20(24)29-22-19(27-2)9-8-17(15-25)21(22)24;5-2(4(8)9)1-3(6)7/h3-11,18,20H,12-15H2,1-2H3;2,5H,1H2,(H,6,7)(H,8,9). The summed E-state index contributed by atoms with van der Waals surface area (Å²) in [6.07, 6.45) is 2.95. The van der Waals surface area contributed by atoms with E-state index in [9.17, 15) is 14.4 Å². The molecule has 2 heterocycles. The van der Waals surface area contributed by atoms with Crippen molar-refractivity contribution in [3.05, 3.63) is 71.3 Å². The molecule has 4 unspecified atom stereocenters. The van der Waals surface area contributed by atoms with Crippen molar-refractivity contribution in [1.29, 1.82) is 0 Å². The molecular weight excluding hydrogens is 494 g/mol. The summed E-state index contributed by atoms with van der Waals surface area (Å²) in [6.45, 7) is 1.87. The largest absolute Gasteiger partial charge is 0.493 e. The zero-order chi connectivity index (χ0) is 27.4. The van der Waals surface area contributed by atoms with E-state index in [2.05, 4.69) is 24.1 Å². The number of carbonyl (C=O) groups is 3. The third-order valence-electron chi connectivity index (χ3n) is 7.05. The number of hydrogen-bond acceptors (Lipinski definition) is 8. The summed E-state index contributed by atoms with van der Waals surface area (Å²) in [4.78, 5) is 34.3. The average Bonchev–Trinajstić information content (AvgIpc) is 3.15. The van der Waals surface area contributed by atoms with E-state index in [-0.39, 0.29) is 23.6 Å². The Morgan fingerprint density at radius 2 is 1.89 bits per heavy atom. The van der Waals surface area contributed by atoms with Crippen molar-refractivity contribution in [2.45, 2.75) is 49.5 Å². The predicted octanol–water partition coefficient (Wildman–Crippen LogP) is 2.62. The number of benzene rings is 2. The Kier molecular flexibility index (Phi) is 8.03. The van der Waals surface area contributed by atoms with Crippen molar-refractivity contribution in [1.82, 2.24) is 4.90 Å². The van der Waals surface area contributed by atoms with E-state index in [1.54, 1.807) is 19.2 Å². The van der Waals surface area contributed by atoms with Crippen LogP contribution in [-0.4, -0.2) is 77.1 Å². The molecule has 0 fully saturated rings. The number of hydrogen-bond donors (Lipinski definition) is 3. The molecule has 1 aliphatic carbocycles. The van der Waals surface area contributed by atoms with Crippen LogP contribution in [0.4, 0.5) is 0 Å². The fourth-order valence-electron chi connectivity index (χ4n) is 5.19. The first kappa shape index (κ1) is 27.2. The zero-order valence-electron chi connectivity index (χ0n) is 21.2. The topological polar surface area (TPSA) is 143 Å². The molecule has 3 aliphatic rings. The molecule has 2 aliphatic heterocycles. The van der Waals surface area contributed by atoms with Gasteiger partial charge in [-0.3, -0.25) is 4.79 Å². The van der Waals surface area contributed by atoms with Crippen LogP contribution in [0.1, 0.15) is 40.7 Å². The van der Waals surface area contributed by atoms with Gasteiger partial charge in [0.25, 0.3) is 0 Å². The van der Waals surface area contributed by atoms with Crippen LogP contribution in [0, 0.1) is 0 Å². The predicted molar refractivity (Wildman–Crippen MR) is 135 cm³/mol. The average molecular weight is 526 g/mol. The molecule has 0 aromatic heterocycles. The molecule has 38 heavy (non-hydrogen) atoms. The molecule has 0 amide bonds. The highest BCUT2D eigenvalue weighted by atomic mass is 16.6. The number of aliphatic hydroxyl groups excluding tert-OH is 1. The Balaban J connectivity index is 0.000000323. The smallest absolute Gasteiger partial charge is 0.338 e. The highest BCUT2D eigenvalue weighted by molar-refractivity contribution is 5.89. The second-order valence-corrected chi connectivity index (χ2v) is 9.62. The van der Waals surface area contributed by atoms with Crippen LogP contribution < -0.4 is 9.47 Å². The summed E-state index contributed by atoms with van der Waals surface area (Å²) >= 11 is 0. The molecule has 0 saturated heterocycles. The Morgan fingerprint density at radius 1 is 1.16 bits per heavy atom. The van der Waals surface area contributed by atoms with Crippen LogP contribution in [0.15, 0.2) is 54.6 Å².